The summed E-state index contributed by atoms with van der Waals surface area (Å²) in [6.07, 6.45) is 2.26. The Morgan fingerprint density at radius 2 is 1.97 bits per heavy atom. The summed E-state index contributed by atoms with van der Waals surface area (Å²) in [7, 11) is 0. The lowest BCUT2D eigenvalue weighted by atomic mass is 9.53. The molecule has 0 bridgehead atoms. The number of para-hydroxylation sites is 1. The fourth-order valence-corrected chi connectivity index (χ4v) is 9.24. The van der Waals surface area contributed by atoms with E-state index in [-0.39, 0.29) is 35.0 Å². The molecule has 1 aromatic carbocycles. The molecule has 2 N–H and O–H groups in total. The summed E-state index contributed by atoms with van der Waals surface area (Å²) in [6, 6.07) is 5.44. The van der Waals surface area contributed by atoms with Crippen LogP contribution in [-0.4, -0.2) is 51.6 Å². The number of amides is 1. The quantitative estimate of drug-likeness (QED) is 0.454. The van der Waals surface area contributed by atoms with Gasteiger partial charge in [-0.3, -0.25) is 4.79 Å². The van der Waals surface area contributed by atoms with Crippen LogP contribution in [0.1, 0.15) is 50.1 Å². The molecule has 1 saturated carbocycles. The van der Waals surface area contributed by atoms with Gasteiger partial charge in [-0.15, -0.1) is 11.3 Å². The van der Waals surface area contributed by atoms with Gasteiger partial charge in [0.25, 0.3) is 0 Å². The molecular formula is C26H33Cl2N3O2S2. The van der Waals surface area contributed by atoms with Crippen LogP contribution in [0, 0.1) is 23.2 Å². The molecule has 2 heterocycles. The number of hydrogen-bond acceptors (Lipinski definition) is 6. The molecule has 1 amide bonds. The van der Waals surface area contributed by atoms with Crippen LogP contribution in [0.3, 0.4) is 0 Å². The molecular weight excluding hydrogens is 521 g/mol. The zero-order valence-electron chi connectivity index (χ0n) is 20.4. The van der Waals surface area contributed by atoms with Crippen molar-refractivity contribution in [1.29, 1.82) is 0 Å². The highest BCUT2D eigenvalue weighted by molar-refractivity contribution is 7.99. The number of nitrogens with zero attached hydrogens (tertiary/aromatic N) is 2. The maximum absolute atomic E-state index is 13.3. The Morgan fingerprint density at radius 3 is 2.66 bits per heavy atom. The van der Waals surface area contributed by atoms with Gasteiger partial charge in [-0.1, -0.05) is 50.0 Å². The normalized spacial score (nSPS) is 31.4. The highest BCUT2D eigenvalue weighted by Crippen LogP contribution is 2.57. The van der Waals surface area contributed by atoms with Gasteiger partial charge in [-0.2, -0.15) is 11.8 Å². The van der Waals surface area contributed by atoms with Crippen molar-refractivity contribution in [3.8, 4) is 0 Å². The second kappa shape index (κ2) is 10.1. The van der Waals surface area contributed by atoms with E-state index in [9.17, 15) is 9.90 Å². The summed E-state index contributed by atoms with van der Waals surface area (Å²) in [6.45, 7) is 8.16. The molecule has 1 aromatic heterocycles. The Hall–Kier alpha value is -0.990. The molecule has 3 aliphatic rings. The highest BCUT2D eigenvalue weighted by Gasteiger charge is 2.54. The third kappa shape index (κ3) is 4.72. The topological polar surface area (TPSA) is 65.5 Å². The monoisotopic (exact) mass is 553 g/mol. The van der Waals surface area contributed by atoms with Crippen LogP contribution in [0.15, 0.2) is 18.2 Å². The number of benzene rings is 1. The first-order chi connectivity index (χ1) is 16.7. The first-order valence-electron chi connectivity index (χ1n) is 12.4. The molecule has 1 unspecified atom stereocenters. The van der Waals surface area contributed by atoms with Crippen LogP contribution >= 0.6 is 46.3 Å². The van der Waals surface area contributed by atoms with Crippen LogP contribution in [0.25, 0.3) is 0 Å². The predicted molar refractivity (Wildman–Crippen MR) is 147 cm³/mol. The second-order valence-electron chi connectivity index (χ2n) is 10.6. The van der Waals surface area contributed by atoms with Gasteiger partial charge in [0.1, 0.15) is 0 Å². The van der Waals surface area contributed by atoms with Crippen molar-refractivity contribution in [3.05, 3.63) is 38.8 Å². The molecule has 6 atom stereocenters. The van der Waals surface area contributed by atoms with Gasteiger partial charge in [0.15, 0.2) is 5.13 Å². The van der Waals surface area contributed by atoms with Crippen LogP contribution in [0.2, 0.25) is 10.0 Å². The summed E-state index contributed by atoms with van der Waals surface area (Å²) in [5.74, 6) is 2.21. The number of aromatic nitrogens is 1. The summed E-state index contributed by atoms with van der Waals surface area (Å²) in [4.78, 5) is 21.5. The third-order valence-electron chi connectivity index (χ3n) is 8.47. The van der Waals surface area contributed by atoms with Crippen LogP contribution in [-0.2, 0) is 11.2 Å². The van der Waals surface area contributed by atoms with E-state index in [4.69, 9.17) is 28.2 Å². The fourth-order valence-electron chi connectivity index (χ4n) is 6.58. The molecule has 2 aliphatic carbocycles. The summed E-state index contributed by atoms with van der Waals surface area (Å²) in [5.41, 5.74) is 1.70. The zero-order valence-corrected chi connectivity index (χ0v) is 23.5. The smallest absolute Gasteiger partial charge is 0.225 e. The maximum atomic E-state index is 13.3. The van der Waals surface area contributed by atoms with Crippen molar-refractivity contribution in [2.24, 2.45) is 23.2 Å². The van der Waals surface area contributed by atoms with E-state index >= 15 is 0 Å². The highest BCUT2D eigenvalue weighted by atomic mass is 35.5. The SMILES string of the molecule is C[C@H](C(=O)N1CCSCC1)C1CC[C@@]2(C)Cc3sc(Nc4c(Cl)cccc4Cl)nc3[C@@H](C)[C@@H]2[C@H]1O. The van der Waals surface area contributed by atoms with E-state index in [1.165, 1.54) is 4.88 Å². The second-order valence-corrected chi connectivity index (χ2v) is 13.7. The molecule has 2 fully saturated rings. The summed E-state index contributed by atoms with van der Waals surface area (Å²) in [5, 5.41) is 16.9. The zero-order chi connectivity index (χ0) is 24.9. The van der Waals surface area contributed by atoms with Gasteiger partial charge in [0, 0.05) is 41.3 Å². The minimum Gasteiger partial charge on any atom is -0.392 e. The van der Waals surface area contributed by atoms with Crippen molar-refractivity contribution >= 4 is 63.0 Å². The number of fused-ring (bicyclic) bond motifs is 2. The van der Waals surface area contributed by atoms with Crippen molar-refractivity contribution in [2.75, 3.05) is 29.9 Å². The number of aliphatic hydroxyl groups is 1. The number of hydrogen-bond donors (Lipinski definition) is 2. The van der Waals surface area contributed by atoms with Gasteiger partial charge < -0.3 is 15.3 Å². The first kappa shape index (κ1) is 25.7. The molecule has 0 radical (unpaired) electrons. The van der Waals surface area contributed by atoms with E-state index < -0.39 is 6.10 Å². The van der Waals surface area contributed by atoms with E-state index in [2.05, 4.69) is 19.2 Å². The largest absolute Gasteiger partial charge is 0.392 e. The Labute approximate surface area is 226 Å². The predicted octanol–water partition coefficient (Wildman–Crippen LogP) is 6.46. The molecule has 1 aliphatic heterocycles. The van der Waals surface area contributed by atoms with Crippen LogP contribution in [0.5, 0.6) is 0 Å². The number of aliphatic hydroxyl groups excluding tert-OH is 1. The average Bonchev–Trinajstić information content (AvgIpc) is 3.23. The minimum atomic E-state index is -0.522. The number of thioether (sulfide) groups is 1. The molecule has 0 spiro atoms. The molecule has 9 heteroatoms. The van der Waals surface area contributed by atoms with E-state index in [0.29, 0.717) is 15.7 Å². The van der Waals surface area contributed by atoms with Crippen LogP contribution < -0.4 is 5.32 Å². The van der Waals surface area contributed by atoms with Gasteiger partial charge >= 0.3 is 0 Å². The number of anilines is 2. The molecule has 1 saturated heterocycles. The Bertz CT molecular complexity index is 1090. The Balaban J connectivity index is 1.37. The number of nitrogens with one attached hydrogen (secondary N) is 1. The molecule has 190 valence electrons. The number of thiazole rings is 1. The van der Waals surface area contributed by atoms with Gasteiger partial charge in [0.2, 0.25) is 5.91 Å². The van der Waals surface area contributed by atoms with Crippen molar-refractivity contribution < 1.29 is 9.90 Å². The van der Waals surface area contributed by atoms with Crippen molar-refractivity contribution in [3.63, 3.8) is 0 Å². The Kier molecular flexibility index (Phi) is 7.37. The van der Waals surface area contributed by atoms with E-state index in [1.54, 1.807) is 11.3 Å². The number of carbonyl (C=O) groups excluding carboxylic acids is 1. The standard InChI is InChI=1S/C26H33Cl2N3O2S2/c1-14(24(33)31-9-11-34-12-10-31)16-7-8-26(3)13-19-21(15(2)20(26)23(16)32)29-25(35-19)30-22-17(27)5-4-6-18(22)28/h4-6,14-16,20,23,32H,7-13H2,1-3H3,(H,29,30)/t14-,15-,16?,20+,23-,26-/m0/s1. The van der Waals surface area contributed by atoms with E-state index in [0.717, 1.165) is 54.7 Å². The Morgan fingerprint density at radius 1 is 1.29 bits per heavy atom. The molecule has 35 heavy (non-hydrogen) atoms. The lowest BCUT2D eigenvalue weighted by Gasteiger charge is -2.53. The molecule has 5 rings (SSSR count). The maximum Gasteiger partial charge on any atom is 0.225 e. The number of rotatable bonds is 4. The third-order valence-corrected chi connectivity index (χ3v) is 11.0. The van der Waals surface area contributed by atoms with Crippen LogP contribution in [0.4, 0.5) is 10.8 Å². The van der Waals surface area contributed by atoms with Crippen molar-refractivity contribution in [2.45, 2.75) is 52.1 Å². The lowest BCUT2D eigenvalue weighted by Crippen LogP contribution is -2.54. The van der Waals surface area contributed by atoms with Gasteiger partial charge in [-0.25, -0.2) is 4.98 Å². The lowest BCUT2D eigenvalue weighted by molar-refractivity contribution is -0.144. The molecule has 5 nitrogen and oxygen atoms in total. The number of halogens is 2. The van der Waals surface area contributed by atoms with Gasteiger partial charge in [-0.05, 0) is 48.6 Å². The first-order valence-corrected chi connectivity index (χ1v) is 15.2. The summed E-state index contributed by atoms with van der Waals surface area (Å²) >= 11 is 16.3. The number of carbonyl (C=O) groups is 1. The molecule has 2 aromatic rings. The summed E-state index contributed by atoms with van der Waals surface area (Å²) < 4.78 is 0. The fraction of sp³-hybridized carbons (Fsp3) is 0.615. The average molecular weight is 555 g/mol. The van der Waals surface area contributed by atoms with Crippen molar-refractivity contribution in [1.82, 2.24) is 9.88 Å². The van der Waals surface area contributed by atoms with E-state index in [1.807, 2.05) is 41.8 Å². The minimum absolute atomic E-state index is 0.0152. The van der Waals surface area contributed by atoms with Gasteiger partial charge in [0.05, 0.1) is 27.5 Å².